The summed E-state index contributed by atoms with van der Waals surface area (Å²) in [6.07, 6.45) is 0. The van der Waals surface area contributed by atoms with Gasteiger partial charge in [0.2, 0.25) is 0 Å². The van der Waals surface area contributed by atoms with Crippen molar-refractivity contribution in [2.24, 2.45) is 5.41 Å². The summed E-state index contributed by atoms with van der Waals surface area (Å²) in [5, 5.41) is 13.3. The van der Waals surface area contributed by atoms with Crippen molar-refractivity contribution in [2.75, 3.05) is 47.0 Å². The number of benzene rings is 1. The highest BCUT2D eigenvalue weighted by Crippen LogP contribution is 2.43. The molecule has 1 saturated heterocycles. The number of hydrogen-bond acceptors (Lipinski definition) is 5. The third-order valence-electron chi connectivity index (χ3n) is 4.40. The molecule has 0 spiro atoms. The molecule has 0 saturated carbocycles. The molecule has 5 nitrogen and oxygen atoms in total. The molecule has 1 fully saturated rings. The van der Waals surface area contributed by atoms with Crippen molar-refractivity contribution in [2.45, 2.75) is 19.9 Å². The SMILES string of the molecule is COc1ccc([C@H](N2CCNCC2)C(C)(C)CO)c(OC)c1. The maximum atomic E-state index is 9.91. The number of ether oxygens (including phenoxy) is 2. The van der Waals surface area contributed by atoms with Crippen LogP contribution in [0.3, 0.4) is 0 Å². The van der Waals surface area contributed by atoms with E-state index < -0.39 is 0 Å². The van der Waals surface area contributed by atoms with Gasteiger partial charge in [-0.1, -0.05) is 19.9 Å². The molecule has 2 rings (SSSR count). The van der Waals surface area contributed by atoms with E-state index >= 15 is 0 Å². The average Bonchev–Trinajstić information content (AvgIpc) is 2.56. The minimum Gasteiger partial charge on any atom is -0.497 e. The van der Waals surface area contributed by atoms with Gasteiger partial charge in [-0.25, -0.2) is 0 Å². The van der Waals surface area contributed by atoms with Gasteiger partial charge in [-0.2, -0.15) is 0 Å². The standard InChI is InChI=1S/C17H28N2O3/c1-17(2,12-20)16(19-9-7-18-8-10-19)14-6-5-13(21-3)11-15(14)22-4/h5-6,11,16,18,20H,7-10,12H2,1-4H3/t16-/m0/s1. The molecule has 2 N–H and O–H groups in total. The van der Waals surface area contributed by atoms with Crippen LogP contribution in [0.1, 0.15) is 25.5 Å². The van der Waals surface area contributed by atoms with E-state index in [0.29, 0.717) is 0 Å². The fraction of sp³-hybridized carbons (Fsp3) is 0.647. The molecular weight excluding hydrogens is 280 g/mol. The first-order valence-corrected chi connectivity index (χ1v) is 7.81. The fourth-order valence-corrected chi connectivity index (χ4v) is 3.18. The predicted molar refractivity (Wildman–Crippen MR) is 87.6 cm³/mol. The Morgan fingerprint density at radius 3 is 2.45 bits per heavy atom. The molecule has 0 amide bonds. The summed E-state index contributed by atoms with van der Waals surface area (Å²) in [6.45, 7) is 8.18. The Hall–Kier alpha value is -1.30. The number of hydrogen-bond donors (Lipinski definition) is 2. The highest BCUT2D eigenvalue weighted by atomic mass is 16.5. The second kappa shape index (κ2) is 7.31. The van der Waals surface area contributed by atoms with Gasteiger partial charge in [0.15, 0.2) is 0 Å². The maximum absolute atomic E-state index is 9.91. The summed E-state index contributed by atoms with van der Waals surface area (Å²) < 4.78 is 10.9. The van der Waals surface area contributed by atoms with Gasteiger partial charge in [-0.15, -0.1) is 0 Å². The van der Waals surface area contributed by atoms with Crippen molar-refractivity contribution in [3.05, 3.63) is 23.8 Å². The fourth-order valence-electron chi connectivity index (χ4n) is 3.18. The van der Waals surface area contributed by atoms with Crippen LogP contribution in [-0.2, 0) is 0 Å². The first-order chi connectivity index (χ1) is 10.5. The molecule has 0 aliphatic carbocycles. The Labute approximate surface area is 133 Å². The molecule has 1 aromatic rings. The number of rotatable bonds is 6. The van der Waals surface area contributed by atoms with Crippen molar-refractivity contribution in [3.8, 4) is 11.5 Å². The summed E-state index contributed by atoms with van der Waals surface area (Å²) >= 11 is 0. The average molecular weight is 308 g/mol. The largest absolute Gasteiger partial charge is 0.497 e. The van der Waals surface area contributed by atoms with E-state index in [0.717, 1.165) is 43.2 Å². The van der Waals surface area contributed by atoms with E-state index in [4.69, 9.17) is 9.47 Å². The third kappa shape index (κ3) is 3.54. The van der Waals surface area contributed by atoms with Gasteiger partial charge in [0.25, 0.3) is 0 Å². The van der Waals surface area contributed by atoms with Crippen molar-refractivity contribution in [1.29, 1.82) is 0 Å². The van der Waals surface area contributed by atoms with Crippen LogP contribution in [0.5, 0.6) is 11.5 Å². The zero-order chi connectivity index (χ0) is 16.2. The van der Waals surface area contributed by atoms with E-state index in [1.165, 1.54) is 0 Å². The molecule has 1 atom stereocenters. The van der Waals surface area contributed by atoms with Crippen LogP contribution in [0.15, 0.2) is 18.2 Å². The Bertz CT molecular complexity index is 485. The van der Waals surface area contributed by atoms with Gasteiger partial charge in [0, 0.05) is 55.9 Å². The first-order valence-electron chi connectivity index (χ1n) is 7.81. The van der Waals surface area contributed by atoms with Crippen LogP contribution >= 0.6 is 0 Å². The van der Waals surface area contributed by atoms with Crippen molar-refractivity contribution in [1.82, 2.24) is 10.2 Å². The van der Waals surface area contributed by atoms with E-state index in [1.807, 2.05) is 12.1 Å². The van der Waals surface area contributed by atoms with Crippen LogP contribution in [0, 0.1) is 5.41 Å². The van der Waals surface area contributed by atoms with E-state index in [1.54, 1.807) is 14.2 Å². The van der Waals surface area contributed by atoms with Crippen LogP contribution in [0.4, 0.5) is 0 Å². The molecule has 0 bridgehead atoms. The molecule has 0 aromatic heterocycles. The van der Waals surface area contributed by atoms with Gasteiger partial charge in [-0.3, -0.25) is 4.90 Å². The Morgan fingerprint density at radius 1 is 1.23 bits per heavy atom. The van der Waals surface area contributed by atoms with Crippen molar-refractivity contribution in [3.63, 3.8) is 0 Å². The third-order valence-corrected chi connectivity index (χ3v) is 4.40. The van der Waals surface area contributed by atoms with Gasteiger partial charge < -0.3 is 19.9 Å². The number of piperazine rings is 1. The van der Waals surface area contributed by atoms with Crippen molar-refractivity contribution >= 4 is 0 Å². The zero-order valence-electron chi connectivity index (χ0n) is 14.1. The van der Waals surface area contributed by atoms with Gasteiger partial charge in [0.1, 0.15) is 11.5 Å². The zero-order valence-corrected chi connectivity index (χ0v) is 14.1. The van der Waals surface area contributed by atoms with Crippen LogP contribution in [-0.4, -0.2) is 57.0 Å². The maximum Gasteiger partial charge on any atom is 0.127 e. The van der Waals surface area contributed by atoms with Crippen LogP contribution in [0.25, 0.3) is 0 Å². The molecule has 1 heterocycles. The molecule has 124 valence electrons. The Morgan fingerprint density at radius 2 is 1.91 bits per heavy atom. The molecule has 1 aliphatic heterocycles. The molecule has 0 radical (unpaired) electrons. The van der Waals surface area contributed by atoms with Crippen LogP contribution < -0.4 is 14.8 Å². The summed E-state index contributed by atoms with van der Waals surface area (Å²) in [5.41, 5.74) is 0.836. The minimum absolute atomic E-state index is 0.0976. The van der Waals surface area contributed by atoms with Gasteiger partial charge in [-0.05, 0) is 6.07 Å². The summed E-state index contributed by atoms with van der Waals surface area (Å²) in [5.74, 6) is 1.59. The molecule has 1 aliphatic rings. The lowest BCUT2D eigenvalue weighted by atomic mass is 9.79. The lowest BCUT2D eigenvalue weighted by Gasteiger charge is -2.43. The normalized spacial score (nSPS) is 18.0. The van der Waals surface area contributed by atoms with Crippen molar-refractivity contribution < 1.29 is 14.6 Å². The second-order valence-corrected chi connectivity index (χ2v) is 6.44. The van der Waals surface area contributed by atoms with Crippen LogP contribution in [0.2, 0.25) is 0 Å². The molecule has 0 unspecified atom stereocenters. The molecular formula is C17H28N2O3. The van der Waals surface area contributed by atoms with E-state index in [2.05, 4.69) is 30.1 Å². The summed E-state index contributed by atoms with van der Waals surface area (Å²) in [7, 11) is 3.33. The monoisotopic (exact) mass is 308 g/mol. The molecule has 22 heavy (non-hydrogen) atoms. The smallest absolute Gasteiger partial charge is 0.127 e. The quantitative estimate of drug-likeness (QED) is 0.837. The molecule has 1 aromatic carbocycles. The summed E-state index contributed by atoms with van der Waals surface area (Å²) in [6, 6.07) is 6.03. The number of methoxy groups -OCH3 is 2. The lowest BCUT2D eigenvalue weighted by molar-refractivity contribution is 0.0292. The van der Waals surface area contributed by atoms with Gasteiger partial charge in [0.05, 0.1) is 14.2 Å². The summed E-state index contributed by atoms with van der Waals surface area (Å²) in [4.78, 5) is 2.43. The molecule has 5 heteroatoms. The van der Waals surface area contributed by atoms with E-state index in [9.17, 15) is 5.11 Å². The highest BCUT2D eigenvalue weighted by Gasteiger charge is 2.37. The first kappa shape index (κ1) is 17.1. The highest BCUT2D eigenvalue weighted by molar-refractivity contribution is 5.43. The number of nitrogens with one attached hydrogen (secondary N) is 1. The topological polar surface area (TPSA) is 54.0 Å². The lowest BCUT2D eigenvalue weighted by Crippen LogP contribution is -2.49. The predicted octanol–water partition coefficient (Wildman–Crippen LogP) is 1.67. The van der Waals surface area contributed by atoms with E-state index in [-0.39, 0.29) is 18.1 Å². The number of nitrogens with zero attached hydrogens (tertiary/aromatic N) is 1. The minimum atomic E-state index is -0.265. The number of aliphatic hydroxyl groups excluding tert-OH is 1. The Kier molecular flexibility index (Phi) is 5.67. The second-order valence-electron chi connectivity index (χ2n) is 6.44. The Balaban J connectivity index is 2.44. The van der Waals surface area contributed by atoms with Gasteiger partial charge >= 0.3 is 0 Å². The number of aliphatic hydroxyl groups is 1.